The topological polar surface area (TPSA) is 85.3 Å². The van der Waals surface area contributed by atoms with Gasteiger partial charge in [-0.1, -0.05) is 6.07 Å². The van der Waals surface area contributed by atoms with Crippen LogP contribution in [0.4, 0.5) is 10.5 Å². The van der Waals surface area contributed by atoms with Crippen molar-refractivity contribution in [2.45, 2.75) is 6.10 Å². The molecule has 1 atom stereocenters. The normalized spacial score (nSPS) is 16.4. The molecule has 1 unspecified atom stereocenters. The fourth-order valence-electron chi connectivity index (χ4n) is 2.48. The smallest absolute Gasteiger partial charge is 0.414 e. The summed E-state index contributed by atoms with van der Waals surface area (Å²) < 4.78 is 16.1. The number of nitrogens with zero attached hydrogens (tertiary/aromatic N) is 1. The van der Waals surface area contributed by atoms with E-state index in [1.165, 1.54) is 17.0 Å². The fourth-order valence-corrected chi connectivity index (χ4v) is 2.48. The van der Waals surface area contributed by atoms with E-state index < -0.39 is 18.2 Å². The SMILES string of the molecule is COc1cccc(N2CC(COc3ccc(C(=O)O)cc3)OC2=O)c1. The Morgan fingerprint density at radius 2 is 2.00 bits per heavy atom. The van der Waals surface area contributed by atoms with Crippen LogP contribution in [0.5, 0.6) is 11.5 Å². The van der Waals surface area contributed by atoms with Crippen LogP contribution in [0.2, 0.25) is 0 Å². The summed E-state index contributed by atoms with van der Waals surface area (Å²) in [6, 6.07) is 13.2. The van der Waals surface area contributed by atoms with Crippen molar-refractivity contribution >= 4 is 17.7 Å². The van der Waals surface area contributed by atoms with Gasteiger partial charge in [0, 0.05) is 6.07 Å². The molecule has 1 amide bonds. The molecule has 0 bridgehead atoms. The lowest BCUT2D eigenvalue weighted by Crippen LogP contribution is -2.26. The van der Waals surface area contributed by atoms with E-state index >= 15 is 0 Å². The van der Waals surface area contributed by atoms with E-state index in [9.17, 15) is 9.59 Å². The molecule has 7 heteroatoms. The summed E-state index contributed by atoms with van der Waals surface area (Å²) >= 11 is 0. The van der Waals surface area contributed by atoms with Crippen molar-refractivity contribution in [2.24, 2.45) is 0 Å². The molecule has 0 radical (unpaired) electrons. The number of ether oxygens (including phenoxy) is 3. The predicted octanol–water partition coefficient (Wildman–Crippen LogP) is 2.80. The molecule has 1 saturated heterocycles. The van der Waals surface area contributed by atoms with Gasteiger partial charge in [0.2, 0.25) is 0 Å². The Labute approximate surface area is 144 Å². The van der Waals surface area contributed by atoms with Crippen LogP contribution in [0, 0.1) is 0 Å². The highest BCUT2D eigenvalue weighted by Gasteiger charge is 2.33. The number of hydrogen-bond acceptors (Lipinski definition) is 5. The standard InChI is InChI=1S/C18H17NO6/c1-23-15-4-2-3-13(9-15)19-10-16(25-18(19)22)11-24-14-7-5-12(6-8-14)17(20)21/h2-9,16H,10-11H2,1H3,(H,20,21). The summed E-state index contributed by atoms with van der Waals surface area (Å²) in [7, 11) is 1.56. The second-order valence-corrected chi connectivity index (χ2v) is 5.46. The molecule has 25 heavy (non-hydrogen) atoms. The Kier molecular flexibility index (Phi) is 4.74. The van der Waals surface area contributed by atoms with E-state index in [0.29, 0.717) is 23.7 Å². The number of rotatable bonds is 6. The number of anilines is 1. The van der Waals surface area contributed by atoms with Crippen molar-refractivity contribution in [2.75, 3.05) is 25.2 Å². The van der Waals surface area contributed by atoms with Crippen molar-refractivity contribution in [3.05, 3.63) is 54.1 Å². The molecular weight excluding hydrogens is 326 g/mol. The van der Waals surface area contributed by atoms with E-state index in [0.717, 1.165) is 0 Å². The molecule has 0 spiro atoms. The van der Waals surface area contributed by atoms with Crippen molar-refractivity contribution in [1.29, 1.82) is 0 Å². The van der Waals surface area contributed by atoms with Crippen LogP contribution >= 0.6 is 0 Å². The minimum atomic E-state index is -0.995. The molecule has 7 nitrogen and oxygen atoms in total. The number of carboxylic acid groups (broad SMARTS) is 1. The molecule has 130 valence electrons. The molecule has 1 aliphatic heterocycles. The predicted molar refractivity (Wildman–Crippen MR) is 89.5 cm³/mol. The van der Waals surface area contributed by atoms with Gasteiger partial charge in [-0.2, -0.15) is 0 Å². The van der Waals surface area contributed by atoms with E-state index in [-0.39, 0.29) is 12.2 Å². The van der Waals surface area contributed by atoms with Gasteiger partial charge in [-0.25, -0.2) is 9.59 Å². The van der Waals surface area contributed by atoms with Crippen LogP contribution in [-0.2, 0) is 4.74 Å². The number of benzene rings is 2. The molecule has 0 saturated carbocycles. The fraction of sp³-hybridized carbons (Fsp3) is 0.222. The van der Waals surface area contributed by atoms with Gasteiger partial charge >= 0.3 is 12.1 Å². The third-order valence-electron chi connectivity index (χ3n) is 3.78. The summed E-state index contributed by atoms with van der Waals surface area (Å²) in [4.78, 5) is 24.4. The average molecular weight is 343 g/mol. The lowest BCUT2D eigenvalue weighted by atomic mass is 10.2. The summed E-state index contributed by atoms with van der Waals surface area (Å²) in [6.45, 7) is 0.540. The molecule has 1 N–H and O–H groups in total. The zero-order chi connectivity index (χ0) is 17.8. The Morgan fingerprint density at radius 3 is 2.68 bits per heavy atom. The van der Waals surface area contributed by atoms with E-state index in [1.807, 2.05) is 0 Å². The highest BCUT2D eigenvalue weighted by Crippen LogP contribution is 2.25. The summed E-state index contributed by atoms with van der Waals surface area (Å²) in [5, 5.41) is 8.87. The van der Waals surface area contributed by atoms with Crippen molar-refractivity contribution < 1.29 is 28.9 Å². The van der Waals surface area contributed by atoms with Gasteiger partial charge in [0.1, 0.15) is 18.1 Å². The van der Waals surface area contributed by atoms with Crippen LogP contribution in [0.1, 0.15) is 10.4 Å². The second-order valence-electron chi connectivity index (χ2n) is 5.46. The molecule has 2 aromatic carbocycles. The van der Waals surface area contributed by atoms with Gasteiger partial charge in [-0.15, -0.1) is 0 Å². The number of carboxylic acids is 1. The lowest BCUT2D eigenvalue weighted by Gasteiger charge is -2.14. The van der Waals surface area contributed by atoms with Crippen molar-refractivity contribution in [3.8, 4) is 11.5 Å². The third-order valence-corrected chi connectivity index (χ3v) is 3.78. The van der Waals surface area contributed by atoms with Crippen LogP contribution in [-0.4, -0.2) is 43.5 Å². The molecular formula is C18H17NO6. The first-order chi connectivity index (χ1) is 12.1. The van der Waals surface area contributed by atoms with Gasteiger partial charge in [0.05, 0.1) is 24.9 Å². The van der Waals surface area contributed by atoms with Gasteiger partial charge in [0.15, 0.2) is 6.10 Å². The molecule has 1 heterocycles. The maximum atomic E-state index is 12.1. The van der Waals surface area contributed by atoms with E-state index in [2.05, 4.69) is 0 Å². The van der Waals surface area contributed by atoms with Gasteiger partial charge < -0.3 is 19.3 Å². The number of carbonyl (C=O) groups is 2. The monoisotopic (exact) mass is 343 g/mol. The molecule has 2 aromatic rings. The lowest BCUT2D eigenvalue weighted by molar-refractivity contribution is 0.0696. The first-order valence-corrected chi connectivity index (χ1v) is 7.65. The van der Waals surface area contributed by atoms with Crippen molar-refractivity contribution in [3.63, 3.8) is 0 Å². The van der Waals surface area contributed by atoms with Gasteiger partial charge in [-0.3, -0.25) is 4.90 Å². The molecule has 1 fully saturated rings. The maximum Gasteiger partial charge on any atom is 0.414 e. The summed E-state index contributed by atoms with van der Waals surface area (Å²) in [5.41, 5.74) is 0.876. The van der Waals surface area contributed by atoms with Gasteiger partial charge in [0.25, 0.3) is 0 Å². The Morgan fingerprint density at radius 1 is 1.24 bits per heavy atom. The average Bonchev–Trinajstić information content (AvgIpc) is 3.01. The zero-order valence-corrected chi connectivity index (χ0v) is 13.5. The quantitative estimate of drug-likeness (QED) is 0.868. The second kappa shape index (κ2) is 7.12. The molecule has 1 aliphatic rings. The summed E-state index contributed by atoms with van der Waals surface area (Å²) in [6.07, 6.45) is -0.860. The highest BCUT2D eigenvalue weighted by atomic mass is 16.6. The number of hydrogen-bond donors (Lipinski definition) is 1. The molecule has 0 aromatic heterocycles. The molecule has 3 rings (SSSR count). The number of aromatic carboxylic acids is 1. The van der Waals surface area contributed by atoms with E-state index in [1.54, 1.807) is 43.5 Å². The molecule has 0 aliphatic carbocycles. The first-order valence-electron chi connectivity index (χ1n) is 7.65. The minimum Gasteiger partial charge on any atom is -0.497 e. The highest BCUT2D eigenvalue weighted by molar-refractivity contribution is 5.90. The zero-order valence-electron chi connectivity index (χ0n) is 13.5. The maximum absolute atomic E-state index is 12.1. The largest absolute Gasteiger partial charge is 0.497 e. The Balaban J connectivity index is 1.59. The van der Waals surface area contributed by atoms with Crippen LogP contribution in [0.3, 0.4) is 0 Å². The Hall–Kier alpha value is -3.22. The number of methoxy groups -OCH3 is 1. The van der Waals surface area contributed by atoms with Gasteiger partial charge in [-0.05, 0) is 36.4 Å². The van der Waals surface area contributed by atoms with Crippen molar-refractivity contribution in [1.82, 2.24) is 0 Å². The number of amides is 1. The minimum absolute atomic E-state index is 0.179. The van der Waals surface area contributed by atoms with Crippen LogP contribution in [0.25, 0.3) is 0 Å². The van der Waals surface area contributed by atoms with Crippen LogP contribution in [0.15, 0.2) is 48.5 Å². The third kappa shape index (κ3) is 3.82. The number of cyclic esters (lactones) is 1. The summed E-state index contributed by atoms with van der Waals surface area (Å²) in [5.74, 6) is 0.176. The van der Waals surface area contributed by atoms with E-state index in [4.69, 9.17) is 19.3 Å². The first kappa shape index (κ1) is 16.6. The number of carbonyl (C=O) groups excluding carboxylic acids is 1. The van der Waals surface area contributed by atoms with Crippen LogP contribution < -0.4 is 14.4 Å². The Bertz CT molecular complexity index is 773.